The fraction of sp³-hybridized carbons (Fsp3) is 0.0833. The van der Waals surface area contributed by atoms with Crippen LogP contribution in [0.3, 0.4) is 0 Å². The number of para-hydroxylation sites is 1. The molecule has 220 valence electrons. The molecule has 3 amide bonds. The van der Waals surface area contributed by atoms with Gasteiger partial charge in [0, 0.05) is 27.4 Å². The van der Waals surface area contributed by atoms with Crippen molar-refractivity contribution >= 4 is 57.7 Å². The van der Waals surface area contributed by atoms with Crippen LogP contribution in [0.15, 0.2) is 132 Å². The number of ether oxygens (including phenoxy) is 1. The van der Waals surface area contributed by atoms with E-state index in [4.69, 9.17) is 4.74 Å². The minimum absolute atomic E-state index is 0.0459. The van der Waals surface area contributed by atoms with E-state index < -0.39 is 17.1 Å². The van der Waals surface area contributed by atoms with Gasteiger partial charge in [-0.3, -0.25) is 14.4 Å². The second-order valence-electron chi connectivity index (χ2n) is 9.91. The molecule has 5 rings (SSSR count). The van der Waals surface area contributed by atoms with Gasteiger partial charge in [0.25, 0.3) is 11.8 Å². The molecule has 0 spiro atoms. The number of rotatable bonds is 10. The molecule has 7 nitrogen and oxygen atoms in total. The maximum absolute atomic E-state index is 13.5. The van der Waals surface area contributed by atoms with Crippen LogP contribution in [0.1, 0.15) is 22.8 Å². The van der Waals surface area contributed by atoms with E-state index in [1.807, 2.05) is 73.7 Å². The second kappa shape index (κ2) is 14.2. The van der Waals surface area contributed by atoms with Crippen LogP contribution in [-0.2, 0) is 9.59 Å². The maximum atomic E-state index is 13.5. The summed E-state index contributed by atoms with van der Waals surface area (Å²) < 4.78 is 5.44. The van der Waals surface area contributed by atoms with Gasteiger partial charge in [-0.2, -0.15) is 0 Å². The maximum Gasteiger partial charge on any atom is 0.272 e. The molecule has 8 heteroatoms. The highest BCUT2D eigenvalue weighted by atomic mass is 32.2. The molecule has 0 aliphatic rings. The fourth-order valence-corrected chi connectivity index (χ4v) is 5.42. The Morgan fingerprint density at radius 1 is 0.727 bits per heavy atom. The highest BCUT2D eigenvalue weighted by Crippen LogP contribution is 2.28. The zero-order chi connectivity index (χ0) is 30.9. The summed E-state index contributed by atoms with van der Waals surface area (Å²) in [6.07, 6.45) is 1.58. The van der Waals surface area contributed by atoms with E-state index in [0.717, 1.165) is 21.4 Å². The molecule has 0 aromatic heterocycles. The Morgan fingerprint density at radius 3 is 2.23 bits per heavy atom. The normalized spacial score (nSPS) is 11.8. The third-order valence-electron chi connectivity index (χ3n) is 6.76. The smallest absolute Gasteiger partial charge is 0.272 e. The minimum atomic E-state index is -0.510. The first kappa shape index (κ1) is 30.1. The number of benzene rings is 5. The molecule has 0 aliphatic heterocycles. The molecule has 0 saturated carbocycles. The minimum Gasteiger partial charge on any atom is -0.496 e. The predicted octanol–water partition coefficient (Wildman–Crippen LogP) is 7.38. The van der Waals surface area contributed by atoms with Gasteiger partial charge in [0.1, 0.15) is 11.4 Å². The van der Waals surface area contributed by atoms with Crippen LogP contribution in [0.25, 0.3) is 16.8 Å². The number of methoxy groups -OCH3 is 1. The zero-order valence-corrected chi connectivity index (χ0v) is 25.1. The van der Waals surface area contributed by atoms with Crippen LogP contribution < -0.4 is 20.7 Å². The number of hydrogen-bond donors (Lipinski definition) is 3. The summed E-state index contributed by atoms with van der Waals surface area (Å²) >= 11 is 1.38. The Morgan fingerprint density at radius 2 is 1.43 bits per heavy atom. The molecule has 0 fully saturated rings. The molecule has 0 bridgehead atoms. The van der Waals surface area contributed by atoms with Gasteiger partial charge in [-0.1, -0.05) is 72.8 Å². The number of amides is 3. The van der Waals surface area contributed by atoms with E-state index in [1.54, 1.807) is 67.8 Å². The number of hydrogen-bond acceptors (Lipinski definition) is 5. The van der Waals surface area contributed by atoms with Crippen molar-refractivity contribution in [2.45, 2.75) is 17.1 Å². The van der Waals surface area contributed by atoms with Crippen LogP contribution in [0.5, 0.6) is 5.75 Å². The van der Waals surface area contributed by atoms with Gasteiger partial charge in [-0.25, -0.2) is 0 Å². The van der Waals surface area contributed by atoms with E-state index in [-0.39, 0.29) is 11.6 Å². The first-order valence-electron chi connectivity index (χ1n) is 14.0. The number of nitrogens with one attached hydrogen (secondary N) is 3. The molecule has 1 atom stereocenters. The van der Waals surface area contributed by atoms with Crippen molar-refractivity contribution in [3.63, 3.8) is 0 Å². The lowest BCUT2D eigenvalue weighted by Crippen LogP contribution is -2.30. The lowest BCUT2D eigenvalue weighted by atomic mass is 10.1. The fourth-order valence-electron chi connectivity index (χ4n) is 4.50. The highest BCUT2D eigenvalue weighted by molar-refractivity contribution is 8.00. The van der Waals surface area contributed by atoms with Crippen molar-refractivity contribution in [1.82, 2.24) is 5.32 Å². The Balaban J connectivity index is 1.29. The molecule has 0 saturated heterocycles. The Kier molecular flexibility index (Phi) is 9.74. The summed E-state index contributed by atoms with van der Waals surface area (Å²) in [7, 11) is 1.54. The third-order valence-corrected chi connectivity index (χ3v) is 7.85. The van der Waals surface area contributed by atoms with Crippen LogP contribution in [0.2, 0.25) is 0 Å². The molecular weight excluding hydrogens is 570 g/mol. The average molecular weight is 602 g/mol. The van der Waals surface area contributed by atoms with Crippen molar-refractivity contribution in [1.29, 1.82) is 0 Å². The van der Waals surface area contributed by atoms with E-state index in [0.29, 0.717) is 22.6 Å². The third kappa shape index (κ3) is 7.73. The number of anilines is 2. The van der Waals surface area contributed by atoms with Gasteiger partial charge < -0.3 is 20.7 Å². The monoisotopic (exact) mass is 601 g/mol. The zero-order valence-electron chi connectivity index (χ0n) is 24.2. The van der Waals surface area contributed by atoms with E-state index in [2.05, 4.69) is 16.0 Å². The SMILES string of the molecule is COc1ccccc1/C=C(/NC(=O)c1ccccc1)C(=O)Nc1cccc(SC(C)C(=O)Nc2ccc3ccccc3c2)c1. The van der Waals surface area contributed by atoms with Gasteiger partial charge >= 0.3 is 0 Å². The number of carbonyl (C=O) groups is 3. The van der Waals surface area contributed by atoms with Crippen molar-refractivity contribution in [2.75, 3.05) is 17.7 Å². The van der Waals surface area contributed by atoms with Crippen LogP contribution in [-0.4, -0.2) is 30.1 Å². The summed E-state index contributed by atoms with van der Waals surface area (Å²) in [6, 6.07) is 36.9. The van der Waals surface area contributed by atoms with Gasteiger partial charge in [-0.05, 0) is 72.3 Å². The molecule has 5 aromatic carbocycles. The Labute approximate surface area is 260 Å². The summed E-state index contributed by atoms with van der Waals surface area (Å²) in [5, 5.41) is 10.4. The number of fused-ring (bicyclic) bond motifs is 1. The van der Waals surface area contributed by atoms with E-state index >= 15 is 0 Å². The van der Waals surface area contributed by atoms with Gasteiger partial charge in [0.15, 0.2) is 0 Å². The predicted molar refractivity (Wildman–Crippen MR) is 178 cm³/mol. The Bertz CT molecular complexity index is 1840. The van der Waals surface area contributed by atoms with Crippen molar-refractivity contribution in [2.24, 2.45) is 0 Å². The highest BCUT2D eigenvalue weighted by Gasteiger charge is 2.18. The summed E-state index contributed by atoms with van der Waals surface area (Å²) in [6.45, 7) is 1.83. The topological polar surface area (TPSA) is 96.5 Å². The lowest BCUT2D eigenvalue weighted by Gasteiger charge is -2.15. The van der Waals surface area contributed by atoms with Crippen LogP contribution in [0, 0.1) is 0 Å². The van der Waals surface area contributed by atoms with Crippen LogP contribution in [0.4, 0.5) is 11.4 Å². The molecular formula is C36H31N3O4S. The quantitative estimate of drug-likeness (QED) is 0.115. The van der Waals surface area contributed by atoms with Crippen molar-refractivity contribution in [3.05, 3.63) is 138 Å². The first-order chi connectivity index (χ1) is 21.4. The summed E-state index contributed by atoms with van der Waals surface area (Å²) in [5.74, 6) is -0.506. The summed E-state index contributed by atoms with van der Waals surface area (Å²) in [4.78, 5) is 40.3. The average Bonchev–Trinajstić information content (AvgIpc) is 3.05. The van der Waals surface area contributed by atoms with Crippen molar-refractivity contribution in [3.8, 4) is 5.75 Å². The summed E-state index contributed by atoms with van der Waals surface area (Å²) in [5.41, 5.74) is 2.34. The Hall–Kier alpha value is -5.34. The molecule has 44 heavy (non-hydrogen) atoms. The number of thioether (sulfide) groups is 1. The van der Waals surface area contributed by atoms with Gasteiger partial charge in [0.05, 0.1) is 12.4 Å². The molecule has 3 N–H and O–H groups in total. The lowest BCUT2D eigenvalue weighted by molar-refractivity contribution is -0.115. The van der Waals surface area contributed by atoms with E-state index in [9.17, 15) is 14.4 Å². The van der Waals surface area contributed by atoms with Gasteiger partial charge in [0.2, 0.25) is 5.91 Å². The molecule has 1 unspecified atom stereocenters. The first-order valence-corrected chi connectivity index (χ1v) is 14.9. The molecule has 5 aromatic rings. The molecule has 0 aliphatic carbocycles. The van der Waals surface area contributed by atoms with E-state index in [1.165, 1.54) is 11.8 Å². The number of carbonyl (C=O) groups excluding carboxylic acids is 3. The van der Waals surface area contributed by atoms with Crippen molar-refractivity contribution < 1.29 is 19.1 Å². The van der Waals surface area contributed by atoms with Crippen LogP contribution >= 0.6 is 11.8 Å². The molecule has 0 radical (unpaired) electrons. The second-order valence-corrected chi connectivity index (χ2v) is 11.3. The largest absolute Gasteiger partial charge is 0.496 e. The molecule has 0 heterocycles. The standard InChI is InChI=1S/C36H31N3O4S/c1-24(34(40)37-30-20-19-25-11-6-7-14-27(25)21-30)44-31-17-10-16-29(23-31)38-36(42)32(22-28-15-8-9-18-33(28)43-2)39-35(41)26-12-4-3-5-13-26/h3-24H,1-2H3,(H,37,40)(H,38,42)(H,39,41)/b32-22+. The van der Waals surface area contributed by atoms with Gasteiger partial charge in [-0.15, -0.1) is 11.8 Å².